The lowest BCUT2D eigenvalue weighted by Gasteiger charge is -2.37. The van der Waals surface area contributed by atoms with Crippen LogP contribution < -0.4 is 10.6 Å². The lowest BCUT2D eigenvalue weighted by atomic mass is 9.91. The van der Waals surface area contributed by atoms with E-state index in [-0.39, 0.29) is 17.7 Å². The lowest BCUT2D eigenvalue weighted by molar-refractivity contribution is -0.139. The summed E-state index contributed by atoms with van der Waals surface area (Å²) in [6.45, 7) is 4.12. The van der Waals surface area contributed by atoms with E-state index in [9.17, 15) is 27.6 Å². The third-order valence-corrected chi connectivity index (χ3v) is 6.27. The number of alkyl halides is 3. The molecule has 40 heavy (non-hydrogen) atoms. The lowest BCUT2D eigenvalue weighted by Crippen LogP contribution is -2.48. The number of halogens is 3. The fourth-order valence-corrected chi connectivity index (χ4v) is 4.48. The summed E-state index contributed by atoms with van der Waals surface area (Å²) in [6.07, 6.45) is -3.86. The third-order valence-electron chi connectivity index (χ3n) is 6.27. The molecule has 1 unspecified atom stereocenters. The van der Waals surface area contributed by atoms with Crippen molar-refractivity contribution in [1.82, 2.24) is 10.2 Å². The van der Waals surface area contributed by atoms with E-state index in [1.54, 1.807) is 31.2 Å². The maximum Gasteiger partial charge on any atom is 0.416 e. The van der Waals surface area contributed by atoms with Crippen molar-refractivity contribution in [2.45, 2.75) is 32.5 Å². The normalized spacial score (nSPS) is 15.5. The molecule has 3 aromatic carbocycles. The number of rotatable bonds is 8. The summed E-state index contributed by atoms with van der Waals surface area (Å²) in [6, 6.07) is 18.2. The molecule has 0 saturated carbocycles. The van der Waals surface area contributed by atoms with Gasteiger partial charge in [0.25, 0.3) is 5.91 Å². The number of carbonyl (C=O) groups excluding carboxylic acids is 3. The maximum atomic E-state index is 13.4. The Morgan fingerprint density at radius 1 is 0.975 bits per heavy atom. The zero-order chi connectivity index (χ0) is 28.9. The van der Waals surface area contributed by atoms with Crippen LogP contribution in [0.5, 0.6) is 0 Å². The Hall–Kier alpha value is -4.60. The van der Waals surface area contributed by atoms with Gasteiger partial charge in [0.05, 0.1) is 29.5 Å². The van der Waals surface area contributed by atoms with Crippen LogP contribution in [0, 0.1) is 0 Å². The summed E-state index contributed by atoms with van der Waals surface area (Å²) in [7, 11) is 0. The van der Waals surface area contributed by atoms with Crippen LogP contribution in [0.4, 0.5) is 23.7 Å². The third kappa shape index (κ3) is 6.17. The minimum absolute atomic E-state index is 0.0399. The molecule has 1 heterocycles. The van der Waals surface area contributed by atoms with Gasteiger partial charge in [0.15, 0.2) is 0 Å². The van der Waals surface area contributed by atoms with Gasteiger partial charge in [-0.1, -0.05) is 49.4 Å². The van der Waals surface area contributed by atoms with Gasteiger partial charge in [0.1, 0.15) is 0 Å². The Labute approximate surface area is 229 Å². The van der Waals surface area contributed by atoms with Crippen molar-refractivity contribution in [3.05, 3.63) is 107 Å². The summed E-state index contributed by atoms with van der Waals surface area (Å²) in [5.74, 6) is -1.20. The molecule has 0 aliphatic carbocycles. The highest BCUT2D eigenvalue weighted by Crippen LogP contribution is 2.37. The van der Waals surface area contributed by atoms with Gasteiger partial charge in [0, 0.05) is 17.8 Å². The van der Waals surface area contributed by atoms with Crippen molar-refractivity contribution in [1.29, 1.82) is 0 Å². The van der Waals surface area contributed by atoms with Gasteiger partial charge >= 0.3 is 18.2 Å². The van der Waals surface area contributed by atoms with Gasteiger partial charge in [-0.15, -0.1) is 0 Å². The molecule has 3 amide bonds. The second-order valence-corrected chi connectivity index (χ2v) is 9.04. The highest BCUT2D eigenvalue weighted by Gasteiger charge is 2.38. The highest BCUT2D eigenvalue weighted by atomic mass is 19.4. The summed E-state index contributed by atoms with van der Waals surface area (Å²) in [5.41, 5.74) is 1.37. The second-order valence-electron chi connectivity index (χ2n) is 9.04. The summed E-state index contributed by atoms with van der Waals surface area (Å²) in [5, 5.41) is 5.57. The van der Waals surface area contributed by atoms with E-state index in [2.05, 4.69) is 10.6 Å². The molecular weight excluding hydrogens is 523 g/mol. The molecule has 0 bridgehead atoms. The number of hydrogen-bond donors (Lipinski definition) is 2. The number of ether oxygens (including phenoxy) is 1. The first-order valence-electron chi connectivity index (χ1n) is 12.8. The number of anilines is 1. The average molecular weight is 552 g/mol. The minimum atomic E-state index is -4.51. The molecule has 7 nitrogen and oxygen atoms in total. The van der Waals surface area contributed by atoms with Crippen LogP contribution in [0.1, 0.15) is 53.4 Å². The Bertz CT molecular complexity index is 1420. The van der Waals surface area contributed by atoms with E-state index >= 15 is 0 Å². The zero-order valence-electron chi connectivity index (χ0n) is 21.9. The summed E-state index contributed by atoms with van der Waals surface area (Å²) < 4.78 is 44.1. The van der Waals surface area contributed by atoms with E-state index in [4.69, 9.17) is 4.74 Å². The molecule has 0 spiro atoms. The molecule has 0 aromatic heterocycles. The smallest absolute Gasteiger partial charge is 0.416 e. The number of esters is 1. The van der Waals surface area contributed by atoms with E-state index in [0.29, 0.717) is 35.5 Å². The minimum Gasteiger partial charge on any atom is -0.463 e. The van der Waals surface area contributed by atoms with Gasteiger partial charge < -0.3 is 15.4 Å². The van der Waals surface area contributed by atoms with Crippen LogP contribution in [-0.2, 0) is 15.7 Å². The van der Waals surface area contributed by atoms with Crippen molar-refractivity contribution in [2.24, 2.45) is 0 Å². The molecule has 208 valence electrons. The molecule has 0 radical (unpaired) electrons. The standard InChI is InChI=1S/C30H28F3N3O4/c1-3-17-36-26(19-9-6-5-7-10-19)24(28(38)40-4-2)25(35-29(36)39)21-11-8-12-23(18-21)34-27(37)20-13-15-22(16-14-20)30(31,32)33/h5-16,18,25H,3-4,17H2,1-2H3,(H,34,37)(H,35,39). The average Bonchev–Trinajstić information content (AvgIpc) is 2.94. The van der Waals surface area contributed by atoms with E-state index in [1.807, 2.05) is 37.3 Å². The topological polar surface area (TPSA) is 87.7 Å². The summed E-state index contributed by atoms with van der Waals surface area (Å²) >= 11 is 0. The fourth-order valence-electron chi connectivity index (χ4n) is 4.48. The van der Waals surface area contributed by atoms with E-state index < -0.39 is 35.7 Å². The molecule has 0 fully saturated rings. The van der Waals surface area contributed by atoms with Crippen LogP contribution in [0.3, 0.4) is 0 Å². The van der Waals surface area contributed by atoms with Crippen LogP contribution >= 0.6 is 0 Å². The number of amides is 3. The van der Waals surface area contributed by atoms with Crippen molar-refractivity contribution in [2.75, 3.05) is 18.5 Å². The predicted octanol–water partition coefficient (Wildman–Crippen LogP) is 6.41. The predicted molar refractivity (Wildman–Crippen MR) is 144 cm³/mol. The number of nitrogens with one attached hydrogen (secondary N) is 2. The van der Waals surface area contributed by atoms with Crippen LogP contribution in [0.15, 0.2) is 84.4 Å². The molecule has 1 atom stereocenters. The second kappa shape index (κ2) is 12.1. The number of nitrogens with zero attached hydrogens (tertiary/aromatic N) is 1. The fraction of sp³-hybridized carbons (Fsp3) is 0.233. The molecule has 0 saturated heterocycles. The first kappa shape index (κ1) is 28.4. The van der Waals surface area contributed by atoms with Crippen LogP contribution in [0.25, 0.3) is 5.70 Å². The first-order valence-corrected chi connectivity index (χ1v) is 12.8. The zero-order valence-corrected chi connectivity index (χ0v) is 21.9. The molecular formula is C30H28F3N3O4. The van der Waals surface area contributed by atoms with E-state index in [1.165, 1.54) is 4.90 Å². The number of carbonyl (C=O) groups is 3. The molecule has 1 aliphatic heterocycles. The van der Waals surface area contributed by atoms with Gasteiger partial charge in [0.2, 0.25) is 0 Å². The molecule has 3 aromatic rings. The molecule has 2 N–H and O–H groups in total. The Kier molecular flexibility index (Phi) is 8.57. The molecule has 1 aliphatic rings. The van der Waals surface area contributed by atoms with E-state index in [0.717, 1.165) is 24.3 Å². The number of urea groups is 1. The van der Waals surface area contributed by atoms with Crippen LogP contribution in [-0.4, -0.2) is 36.0 Å². The molecule has 10 heteroatoms. The largest absolute Gasteiger partial charge is 0.463 e. The van der Waals surface area contributed by atoms with Crippen LogP contribution in [0.2, 0.25) is 0 Å². The number of hydrogen-bond acceptors (Lipinski definition) is 4. The quantitative estimate of drug-likeness (QED) is 0.317. The van der Waals surface area contributed by atoms with Crippen molar-refractivity contribution >= 4 is 29.3 Å². The molecule has 4 rings (SSSR count). The highest BCUT2D eigenvalue weighted by molar-refractivity contribution is 6.06. The summed E-state index contributed by atoms with van der Waals surface area (Å²) in [4.78, 5) is 41.0. The van der Waals surface area contributed by atoms with Crippen molar-refractivity contribution in [3.63, 3.8) is 0 Å². The number of benzene rings is 3. The Balaban J connectivity index is 1.73. The van der Waals surface area contributed by atoms with Gasteiger partial charge in [-0.25, -0.2) is 9.59 Å². The van der Waals surface area contributed by atoms with Gasteiger partial charge in [-0.2, -0.15) is 13.2 Å². The maximum absolute atomic E-state index is 13.4. The monoisotopic (exact) mass is 551 g/mol. The SMILES string of the molecule is CCCN1C(=O)NC(c2cccc(NC(=O)c3ccc(C(F)(F)F)cc3)c2)C(C(=O)OCC)=C1c1ccccc1. The Morgan fingerprint density at radius 3 is 2.30 bits per heavy atom. The van der Waals surface area contributed by atoms with Crippen molar-refractivity contribution in [3.8, 4) is 0 Å². The van der Waals surface area contributed by atoms with Gasteiger partial charge in [-0.3, -0.25) is 9.69 Å². The van der Waals surface area contributed by atoms with Crippen molar-refractivity contribution < 1.29 is 32.3 Å². The first-order chi connectivity index (χ1) is 19.1. The Morgan fingerprint density at radius 2 is 1.68 bits per heavy atom. The van der Waals surface area contributed by atoms with Gasteiger partial charge in [-0.05, 0) is 60.9 Å².